The third-order valence-corrected chi connectivity index (χ3v) is 3.37. The predicted molar refractivity (Wildman–Crippen MR) is 82.0 cm³/mol. The Labute approximate surface area is 122 Å². The predicted octanol–water partition coefficient (Wildman–Crippen LogP) is 2.63. The molecule has 0 atom stereocenters. The van der Waals surface area contributed by atoms with E-state index in [4.69, 9.17) is 5.73 Å². The molecule has 4 heteroatoms. The Morgan fingerprint density at radius 3 is 2.81 bits per heavy atom. The van der Waals surface area contributed by atoms with Gasteiger partial charge in [0.05, 0.1) is 5.52 Å². The normalized spacial score (nSPS) is 10.7. The molecule has 104 valence electrons. The van der Waals surface area contributed by atoms with Gasteiger partial charge in [0.1, 0.15) is 0 Å². The lowest BCUT2D eigenvalue weighted by atomic mass is 10.0. The van der Waals surface area contributed by atoms with Gasteiger partial charge in [0.15, 0.2) is 0 Å². The van der Waals surface area contributed by atoms with Crippen molar-refractivity contribution >= 4 is 16.8 Å². The van der Waals surface area contributed by atoms with E-state index in [1.807, 2.05) is 25.3 Å². The molecule has 0 fully saturated rings. The number of nitrogens with zero attached hydrogens (tertiary/aromatic N) is 2. The van der Waals surface area contributed by atoms with Gasteiger partial charge >= 0.3 is 0 Å². The van der Waals surface area contributed by atoms with E-state index in [1.165, 1.54) is 0 Å². The summed E-state index contributed by atoms with van der Waals surface area (Å²) in [4.78, 5) is 19.9. The standard InChI is InChI=1S/C17H15N3O/c1-11-6-14-7-12(2-3-16(14)20-10-11)8-15-9-13(17(18)21)4-5-19-15/h2-7,9-10H,8H2,1H3,(H2,18,21). The van der Waals surface area contributed by atoms with Crippen molar-refractivity contribution in [1.29, 1.82) is 0 Å². The summed E-state index contributed by atoms with van der Waals surface area (Å²) in [6, 6.07) is 11.6. The van der Waals surface area contributed by atoms with Crippen LogP contribution in [-0.4, -0.2) is 15.9 Å². The van der Waals surface area contributed by atoms with Crippen LogP contribution in [0.25, 0.3) is 10.9 Å². The van der Waals surface area contributed by atoms with E-state index in [1.54, 1.807) is 18.3 Å². The van der Waals surface area contributed by atoms with Crippen LogP contribution in [0.15, 0.2) is 48.8 Å². The van der Waals surface area contributed by atoms with E-state index in [9.17, 15) is 4.79 Å². The van der Waals surface area contributed by atoms with Gasteiger partial charge in [-0.25, -0.2) is 0 Å². The first-order chi connectivity index (χ1) is 10.1. The number of carbonyl (C=O) groups is 1. The van der Waals surface area contributed by atoms with Gasteiger partial charge in [-0.1, -0.05) is 6.07 Å². The number of pyridine rings is 2. The zero-order valence-electron chi connectivity index (χ0n) is 11.7. The highest BCUT2D eigenvalue weighted by atomic mass is 16.1. The van der Waals surface area contributed by atoms with Crippen molar-refractivity contribution < 1.29 is 4.79 Å². The third-order valence-electron chi connectivity index (χ3n) is 3.37. The molecule has 0 saturated carbocycles. The quantitative estimate of drug-likeness (QED) is 0.800. The van der Waals surface area contributed by atoms with E-state index >= 15 is 0 Å². The van der Waals surface area contributed by atoms with Gasteiger partial charge in [-0.05, 0) is 48.4 Å². The second-order valence-electron chi connectivity index (χ2n) is 5.12. The van der Waals surface area contributed by atoms with Crippen molar-refractivity contribution in [1.82, 2.24) is 9.97 Å². The zero-order chi connectivity index (χ0) is 14.8. The van der Waals surface area contributed by atoms with E-state index < -0.39 is 5.91 Å². The molecule has 0 saturated heterocycles. The molecule has 4 nitrogen and oxygen atoms in total. The average Bonchev–Trinajstić information content (AvgIpc) is 2.47. The molecule has 0 unspecified atom stereocenters. The number of hydrogen-bond donors (Lipinski definition) is 1. The molecule has 1 aromatic carbocycles. The Bertz CT molecular complexity index is 827. The van der Waals surface area contributed by atoms with Gasteiger partial charge in [-0.3, -0.25) is 14.8 Å². The first kappa shape index (κ1) is 13.2. The molecular weight excluding hydrogens is 262 g/mol. The summed E-state index contributed by atoms with van der Waals surface area (Å²) >= 11 is 0. The molecular formula is C17H15N3O. The van der Waals surface area contributed by atoms with Crippen molar-refractivity contribution in [3.8, 4) is 0 Å². The first-order valence-corrected chi connectivity index (χ1v) is 6.72. The molecule has 0 aliphatic carbocycles. The van der Waals surface area contributed by atoms with Crippen LogP contribution in [0, 0.1) is 6.92 Å². The van der Waals surface area contributed by atoms with Crippen LogP contribution in [0.3, 0.4) is 0 Å². The van der Waals surface area contributed by atoms with Crippen LogP contribution < -0.4 is 5.73 Å². The number of primary amides is 1. The van der Waals surface area contributed by atoms with E-state index in [-0.39, 0.29) is 0 Å². The molecule has 3 rings (SSSR count). The lowest BCUT2D eigenvalue weighted by Gasteiger charge is -2.05. The zero-order valence-corrected chi connectivity index (χ0v) is 11.7. The maximum absolute atomic E-state index is 11.2. The molecule has 21 heavy (non-hydrogen) atoms. The topological polar surface area (TPSA) is 68.9 Å². The fourth-order valence-electron chi connectivity index (χ4n) is 2.34. The molecule has 0 bridgehead atoms. The second-order valence-corrected chi connectivity index (χ2v) is 5.12. The van der Waals surface area contributed by atoms with Gasteiger partial charge in [0.2, 0.25) is 5.91 Å². The summed E-state index contributed by atoms with van der Waals surface area (Å²) in [7, 11) is 0. The fourth-order valence-corrected chi connectivity index (χ4v) is 2.34. The smallest absolute Gasteiger partial charge is 0.248 e. The van der Waals surface area contributed by atoms with Crippen LogP contribution in [0.2, 0.25) is 0 Å². The van der Waals surface area contributed by atoms with E-state index in [2.05, 4.69) is 22.1 Å². The summed E-state index contributed by atoms with van der Waals surface area (Å²) in [5.41, 5.74) is 9.84. The number of carbonyl (C=O) groups excluding carboxylic acids is 1. The monoisotopic (exact) mass is 277 g/mol. The summed E-state index contributed by atoms with van der Waals surface area (Å²) in [6.07, 6.45) is 4.13. The minimum Gasteiger partial charge on any atom is -0.366 e. The maximum Gasteiger partial charge on any atom is 0.248 e. The number of aryl methyl sites for hydroxylation is 1. The van der Waals surface area contributed by atoms with Crippen LogP contribution in [0.1, 0.15) is 27.2 Å². The SMILES string of the molecule is Cc1cnc2ccc(Cc3cc(C(N)=O)ccn3)cc2c1. The van der Waals surface area contributed by atoms with Crippen molar-refractivity contribution in [3.63, 3.8) is 0 Å². The lowest BCUT2D eigenvalue weighted by Crippen LogP contribution is -2.11. The lowest BCUT2D eigenvalue weighted by molar-refractivity contribution is 0.1000. The van der Waals surface area contributed by atoms with Crippen molar-refractivity contribution in [2.24, 2.45) is 5.73 Å². The Kier molecular flexibility index (Phi) is 3.36. The fraction of sp³-hybridized carbons (Fsp3) is 0.118. The molecule has 3 aromatic rings. The number of benzene rings is 1. The van der Waals surface area contributed by atoms with Gasteiger partial charge in [0, 0.05) is 35.5 Å². The molecule has 0 aliphatic rings. The molecule has 0 spiro atoms. The molecule has 2 N–H and O–H groups in total. The van der Waals surface area contributed by atoms with Gasteiger partial charge in [-0.15, -0.1) is 0 Å². The second kappa shape index (κ2) is 5.32. The molecule has 1 amide bonds. The Morgan fingerprint density at radius 1 is 1.14 bits per heavy atom. The number of nitrogens with two attached hydrogens (primary N) is 1. The molecule has 2 heterocycles. The number of aromatic nitrogens is 2. The van der Waals surface area contributed by atoms with E-state index in [0.29, 0.717) is 12.0 Å². The van der Waals surface area contributed by atoms with Crippen molar-refractivity contribution in [2.45, 2.75) is 13.3 Å². The highest BCUT2D eigenvalue weighted by Crippen LogP contribution is 2.17. The first-order valence-electron chi connectivity index (χ1n) is 6.72. The van der Waals surface area contributed by atoms with Crippen LogP contribution in [-0.2, 0) is 6.42 Å². The van der Waals surface area contributed by atoms with Crippen molar-refractivity contribution in [2.75, 3.05) is 0 Å². The minimum atomic E-state index is -0.433. The minimum absolute atomic E-state index is 0.433. The summed E-state index contributed by atoms with van der Waals surface area (Å²) < 4.78 is 0. The van der Waals surface area contributed by atoms with Crippen LogP contribution in [0.4, 0.5) is 0 Å². The van der Waals surface area contributed by atoms with Crippen LogP contribution >= 0.6 is 0 Å². The van der Waals surface area contributed by atoms with E-state index in [0.717, 1.165) is 27.7 Å². The average molecular weight is 277 g/mol. The highest BCUT2D eigenvalue weighted by Gasteiger charge is 2.04. The molecule has 0 aliphatic heterocycles. The summed E-state index contributed by atoms with van der Waals surface area (Å²) in [6.45, 7) is 2.02. The third kappa shape index (κ3) is 2.89. The number of fused-ring (bicyclic) bond motifs is 1. The van der Waals surface area contributed by atoms with Crippen LogP contribution in [0.5, 0.6) is 0 Å². The summed E-state index contributed by atoms with van der Waals surface area (Å²) in [5, 5.41) is 1.11. The number of rotatable bonds is 3. The largest absolute Gasteiger partial charge is 0.366 e. The van der Waals surface area contributed by atoms with Gasteiger partial charge in [0.25, 0.3) is 0 Å². The van der Waals surface area contributed by atoms with Gasteiger partial charge in [-0.2, -0.15) is 0 Å². The highest BCUT2D eigenvalue weighted by molar-refractivity contribution is 5.92. The Balaban J connectivity index is 1.94. The van der Waals surface area contributed by atoms with Crippen molar-refractivity contribution in [3.05, 3.63) is 71.2 Å². The number of hydrogen-bond acceptors (Lipinski definition) is 3. The summed E-state index contributed by atoms with van der Waals surface area (Å²) in [5.74, 6) is -0.433. The van der Waals surface area contributed by atoms with Gasteiger partial charge < -0.3 is 5.73 Å². The maximum atomic E-state index is 11.2. The number of amides is 1. The molecule has 0 radical (unpaired) electrons. The Morgan fingerprint density at radius 2 is 2.00 bits per heavy atom. The Hall–Kier alpha value is -2.75. The molecule has 2 aromatic heterocycles.